The van der Waals surface area contributed by atoms with Gasteiger partial charge < -0.3 is 9.47 Å². The fourth-order valence-corrected chi connectivity index (χ4v) is 4.29. The van der Waals surface area contributed by atoms with Gasteiger partial charge in [-0.05, 0) is 5.56 Å². The molecule has 2 unspecified atom stereocenters. The van der Waals surface area contributed by atoms with Gasteiger partial charge >= 0.3 is 0 Å². The fraction of sp³-hybridized carbons (Fsp3) is 0.538. The maximum absolute atomic E-state index is 5.28. The number of benzene rings is 1. The van der Waals surface area contributed by atoms with Crippen molar-refractivity contribution in [3.05, 3.63) is 35.9 Å². The van der Waals surface area contributed by atoms with Crippen LogP contribution in [0.1, 0.15) is 10.1 Å². The fourth-order valence-electron chi connectivity index (χ4n) is 1.57. The zero-order chi connectivity index (χ0) is 11.5. The van der Waals surface area contributed by atoms with Crippen LogP contribution in [0.5, 0.6) is 0 Å². The van der Waals surface area contributed by atoms with Crippen molar-refractivity contribution < 1.29 is 9.47 Å². The summed E-state index contributed by atoms with van der Waals surface area (Å²) >= 11 is 3.99. The van der Waals surface area contributed by atoms with Crippen LogP contribution in [0.4, 0.5) is 0 Å². The number of rotatable bonds is 7. The first-order chi connectivity index (χ1) is 8.42. The van der Waals surface area contributed by atoms with E-state index >= 15 is 0 Å². The van der Waals surface area contributed by atoms with E-state index in [1.54, 1.807) is 0 Å². The van der Waals surface area contributed by atoms with Gasteiger partial charge in [-0.1, -0.05) is 30.3 Å². The minimum absolute atomic E-state index is 0.504. The van der Waals surface area contributed by atoms with Crippen molar-refractivity contribution in [1.82, 2.24) is 0 Å². The van der Waals surface area contributed by atoms with E-state index in [9.17, 15) is 0 Å². The van der Waals surface area contributed by atoms with E-state index in [1.807, 2.05) is 23.5 Å². The van der Waals surface area contributed by atoms with Crippen LogP contribution < -0.4 is 0 Å². The molecule has 2 heterocycles. The minimum Gasteiger partial charge on any atom is -0.372 e. The first-order valence-corrected chi connectivity index (χ1v) is 8.03. The summed E-state index contributed by atoms with van der Waals surface area (Å²) in [6, 6.07) is 10.7. The zero-order valence-corrected chi connectivity index (χ0v) is 11.2. The predicted octanol–water partition coefficient (Wildman–Crippen LogP) is 2.95. The molecule has 0 aromatic heterocycles. The van der Waals surface area contributed by atoms with Crippen LogP contribution in [0.2, 0.25) is 0 Å². The van der Waals surface area contributed by atoms with Gasteiger partial charge in [-0.25, -0.2) is 0 Å². The van der Waals surface area contributed by atoms with Crippen LogP contribution in [0.25, 0.3) is 0 Å². The largest absolute Gasteiger partial charge is 0.372 e. The molecule has 0 aliphatic carbocycles. The van der Waals surface area contributed by atoms with Gasteiger partial charge in [0.15, 0.2) is 0 Å². The molecule has 4 heteroatoms. The monoisotopic (exact) mass is 268 g/mol. The van der Waals surface area contributed by atoms with Gasteiger partial charge in [-0.3, -0.25) is 0 Å². The topological polar surface area (TPSA) is 25.1 Å². The van der Waals surface area contributed by atoms with Gasteiger partial charge in [0, 0.05) is 11.5 Å². The molecule has 2 aliphatic rings. The van der Waals surface area contributed by atoms with E-state index in [4.69, 9.17) is 9.47 Å². The smallest absolute Gasteiger partial charge is 0.0900 e. The SMILES string of the molecule is c1ccc(C(SCC2CO2)SCC2CO2)cc1. The van der Waals surface area contributed by atoms with E-state index in [0.29, 0.717) is 16.8 Å². The lowest BCUT2D eigenvalue weighted by Gasteiger charge is -2.15. The Kier molecular flexibility index (Phi) is 3.96. The third-order valence-electron chi connectivity index (χ3n) is 2.74. The highest BCUT2D eigenvalue weighted by molar-refractivity contribution is 8.16. The Hall–Kier alpha value is -0.160. The summed E-state index contributed by atoms with van der Waals surface area (Å²) in [5.41, 5.74) is 1.41. The van der Waals surface area contributed by atoms with E-state index in [1.165, 1.54) is 5.56 Å². The molecule has 92 valence electrons. The Balaban J connectivity index is 1.56. The summed E-state index contributed by atoms with van der Waals surface area (Å²) in [6.45, 7) is 1.90. The van der Waals surface area contributed by atoms with E-state index in [-0.39, 0.29) is 0 Å². The average Bonchev–Trinajstić information content (AvgIpc) is 3.25. The molecular weight excluding hydrogens is 252 g/mol. The van der Waals surface area contributed by atoms with Crippen molar-refractivity contribution in [2.75, 3.05) is 24.7 Å². The van der Waals surface area contributed by atoms with E-state index < -0.39 is 0 Å². The lowest BCUT2D eigenvalue weighted by molar-refractivity contribution is 0.426. The third kappa shape index (κ3) is 3.91. The second kappa shape index (κ2) is 5.65. The standard InChI is InChI=1S/C13H16O2S2/c1-2-4-10(5-3-1)13(16-8-11-6-14-11)17-9-12-7-15-12/h1-5,11-13H,6-9H2. The van der Waals surface area contributed by atoms with Crippen LogP contribution in [0.15, 0.2) is 30.3 Å². The summed E-state index contributed by atoms with van der Waals surface area (Å²) in [5.74, 6) is 2.22. The Labute approximate surface area is 110 Å². The molecule has 17 heavy (non-hydrogen) atoms. The van der Waals surface area contributed by atoms with Crippen LogP contribution in [0, 0.1) is 0 Å². The molecule has 0 saturated carbocycles. The first-order valence-electron chi connectivity index (χ1n) is 5.93. The number of epoxide rings is 2. The average molecular weight is 268 g/mol. The van der Waals surface area contributed by atoms with Crippen molar-refractivity contribution in [3.8, 4) is 0 Å². The summed E-state index contributed by atoms with van der Waals surface area (Å²) in [7, 11) is 0. The number of ether oxygens (including phenoxy) is 2. The third-order valence-corrected chi connectivity index (χ3v) is 5.84. The second-order valence-electron chi connectivity index (χ2n) is 4.32. The molecule has 2 nitrogen and oxygen atoms in total. The lowest BCUT2D eigenvalue weighted by atomic mass is 10.2. The molecule has 0 amide bonds. The zero-order valence-electron chi connectivity index (χ0n) is 9.58. The first kappa shape index (κ1) is 11.9. The molecule has 2 saturated heterocycles. The molecule has 3 rings (SSSR count). The molecule has 2 fully saturated rings. The van der Waals surface area contributed by atoms with E-state index in [0.717, 1.165) is 24.7 Å². The van der Waals surface area contributed by atoms with Crippen molar-refractivity contribution in [2.45, 2.75) is 16.8 Å². The van der Waals surface area contributed by atoms with Crippen molar-refractivity contribution in [2.24, 2.45) is 0 Å². The van der Waals surface area contributed by atoms with E-state index in [2.05, 4.69) is 30.3 Å². The molecule has 2 atom stereocenters. The van der Waals surface area contributed by atoms with Crippen molar-refractivity contribution in [1.29, 1.82) is 0 Å². The van der Waals surface area contributed by atoms with Gasteiger partial charge in [-0.2, -0.15) is 0 Å². The van der Waals surface area contributed by atoms with Gasteiger partial charge in [0.2, 0.25) is 0 Å². The highest BCUT2D eigenvalue weighted by atomic mass is 32.2. The van der Waals surface area contributed by atoms with Crippen molar-refractivity contribution >= 4 is 23.5 Å². The highest BCUT2D eigenvalue weighted by Gasteiger charge is 2.27. The van der Waals surface area contributed by atoms with Gasteiger partial charge in [0.25, 0.3) is 0 Å². The predicted molar refractivity (Wildman–Crippen MR) is 73.6 cm³/mol. The lowest BCUT2D eigenvalue weighted by Crippen LogP contribution is -1.99. The Morgan fingerprint density at radius 2 is 1.53 bits per heavy atom. The second-order valence-corrected chi connectivity index (χ2v) is 6.89. The normalized spacial score (nSPS) is 27.8. The molecule has 0 spiro atoms. The van der Waals surface area contributed by atoms with Gasteiger partial charge in [0.1, 0.15) is 0 Å². The molecule has 1 aromatic rings. The highest BCUT2D eigenvalue weighted by Crippen LogP contribution is 2.42. The maximum atomic E-state index is 5.28. The minimum atomic E-state index is 0.504. The van der Waals surface area contributed by atoms with Gasteiger partial charge in [0.05, 0.1) is 30.0 Å². The van der Waals surface area contributed by atoms with Gasteiger partial charge in [-0.15, -0.1) is 23.5 Å². The van der Waals surface area contributed by atoms with Crippen LogP contribution in [-0.2, 0) is 9.47 Å². The van der Waals surface area contributed by atoms with Crippen molar-refractivity contribution in [3.63, 3.8) is 0 Å². The maximum Gasteiger partial charge on any atom is 0.0900 e. The number of hydrogen-bond acceptors (Lipinski definition) is 4. The van der Waals surface area contributed by atoms with Crippen LogP contribution >= 0.6 is 23.5 Å². The Morgan fingerprint density at radius 3 is 2.00 bits per heavy atom. The molecule has 0 radical (unpaired) electrons. The summed E-state index contributed by atoms with van der Waals surface area (Å²) in [5, 5.41) is 0. The van der Waals surface area contributed by atoms with Crippen LogP contribution in [-0.4, -0.2) is 36.9 Å². The molecule has 1 aromatic carbocycles. The summed E-state index contributed by atoms with van der Waals surface area (Å²) < 4.78 is 11.1. The molecular formula is C13H16O2S2. The van der Waals surface area contributed by atoms with Crippen LogP contribution in [0.3, 0.4) is 0 Å². The summed E-state index contributed by atoms with van der Waals surface area (Å²) in [4.78, 5) is 0. The summed E-state index contributed by atoms with van der Waals surface area (Å²) in [6.07, 6.45) is 1.01. The molecule has 0 bridgehead atoms. The number of hydrogen-bond donors (Lipinski definition) is 0. The Morgan fingerprint density at radius 1 is 1.00 bits per heavy atom. The molecule has 2 aliphatic heterocycles. The Bertz CT molecular complexity index is 334. The molecule has 0 N–H and O–H groups in total. The number of thioether (sulfide) groups is 2. The quantitative estimate of drug-likeness (QED) is 0.561.